The molecule has 0 amide bonds. The molecule has 2 aliphatic rings. The second-order valence-electron chi connectivity index (χ2n) is 7.55. The molecule has 0 N–H and O–H groups in total. The summed E-state index contributed by atoms with van der Waals surface area (Å²) in [6.45, 7) is 4.42. The molecule has 8 heteroatoms. The normalized spacial score (nSPS) is 23.4. The van der Waals surface area contributed by atoms with Crippen molar-refractivity contribution in [2.75, 3.05) is 39.5 Å². The first-order chi connectivity index (χ1) is 14.1. The zero-order valence-electron chi connectivity index (χ0n) is 17.3. The van der Waals surface area contributed by atoms with E-state index in [9.17, 15) is 8.42 Å². The van der Waals surface area contributed by atoms with E-state index < -0.39 is 10.0 Å². The van der Waals surface area contributed by atoms with E-state index in [0.29, 0.717) is 13.2 Å². The van der Waals surface area contributed by atoms with Crippen LogP contribution in [0, 0.1) is 6.92 Å². The number of aryl methyl sites for hydroxylation is 1. The minimum Gasteiger partial charge on any atom is -0.353 e. The van der Waals surface area contributed by atoms with Crippen LogP contribution in [0.1, 0.15) is 44.1 Å². The number of hydrogen-bond acceptors (Lipinski definition) is 6. The second-order valence-corrected chi connectivity index (χ2v) is 9.49. The molecule has 0 saturated carbocycles. The molecule has 3 rings (SSSR count). The Bertz CT molecular complexity index is 672. The van der Waals surface area contributed by atoms with Crippen LogP contribution in [0.15, 0.2) is 29.2 Å². The monoisotopic (exact) mass is 427 g/mol. The van der Waals surface area contributed by atoms with Crippen LogP contribution in [0.25, 0.3) is 0 Å². The van der Waals surface area contributed by atoms with E-state index in [1.165, 1.54) is 4.31 Å². The molecule has 0 aromatic heterocycles. The Morgan fingerprint density at radius 3 is 1.86 bits per heavy atom. The van der Waals surface area contributed by atoms with Crippen molar-refractivity contribution in [1.29, 1.82) is 0 Å². The average Bonchev–Trinajstić information content (AvgIpc) is 2.74. The van der Waals surface area contributed by atoms with Crippen molar-refractivity contribution >= 4 is 10.0 Å². The van der Waals surface area contributed by atoms with Crippen LogP contribution in [0.3, 0.4) is 0 Å². The largest absolute Gasteiger partial charge is 0.353 e. The van der Waals surface area contributed by atoms with Crippen LogP contribution in [0.2, 0.25) is 0 Å². The van der Waals surface area contributed by atoms with Crippen molar-refractivity contribution in [1.82, 2.24) is 4.31 Å². The quantitative estimate of drug-likeness (QED) is 0.571. The maximum Gasteiger partial charge on any atom is 0.243 e. The first-order valence-electron chi connectivity index (χ1n) is 10.6. The summed E-state index contributed by atoms with van der Waals surface area (Å²) in [4.78, 5) is 0.283. The highest BCUT2D eigenvalue weighted by Crippen LogP contribution is 2.19. The van der Waals surface area contributed by atoms with Crippen molar-refractivity contribution < 1.29 is 27.4 Å². The first-order valence-corrected chi connectivity index (χ1v) is 12.0. The van der Waals surface area contributed by atoms with Crippen LogP contribution in [-0.4, -0.2) is 64.8 Å². The van der Waals surface area contributed by atoms with E-state index in [-0.39, 0.29) is 43.8 Å². The number of benzene rings is 1. The lowest BCUT2D eigenvalue weighted by Gasteiger charge is -2.27. The van der Waals surface area contributed by atoms with Gasteiger partial charge in [-0.15, -0.1) is 0 Å². The van der Waals surface area contributed by atoms with Gasteiger partial charge in [-0.3, -0.25) is 0 Å². The third-order valence-corrected chi connectivity index (χ3v) is 7.14. The molecule has 0 spiro atoms. The number of sulfonamides is 1. The third kappa shape index (κ3) is 7.01. The minimum atomic E-state index is -3.63. The standard InChI is InChI=1S/C21H33NO6S/c1-18-8-10-19(11-9-18)29(23,24)22(12-16-27-20-6-2-4-14-25-20)13-17-28-21-7-3-5-15-26-21/h8-11,20-21H,2-7,12-17H2,1H3. The molecular weight excluding hydrogens is 394 g/mol. The Balaban J connectivity index is 1.58. The van der Waals surface area contributed by atoms with E-state index in [0.717, 1.165) is 44.1 Å². The van der Waals surface area contributed by atoms with Crippen LogP contribution < -0.4 is 0 Å². The van der Waals surface area contributed by atoms with E-state index >= 15 is 0 Å². The Hall–Kier alpha value is -1.03. The Morgan fingerprint density at radius 1 is 0.897 bits per heavy atom. The smallest absolute Gasteiger partial charge is 0.243 e. The summed E-state index contributed by atoms with van der Waals surface area (Å²) in [7, 11) is -3.63. The van der Waals surface area contributed by atoms with Crippen LogP contribution in [-0.2, 0) is 29.0 Å². The van der Waals surface area contributed by atoms with Crippen molar-refractivity contribution in [2.45, 2.75) is 62.9 Å². The SMILES string of the molecule is Cc1ccc(S(=O)(=O)N(CCOC2CCCCO2)CCOC2CCCCO2)cc1. The predicted octanol–water partition coefficient (Wildman–Crippen LogP) is 3.07. The molecule has 2 heterocycles. The summed E-state index contributed by atoms with van der Waals surface area (Å²) in [5, 5.41) is 0. The summed E-state index contributed by atoms with van der Waals surface area (Å²) in [5.74, 6) is 0. The van der Waals surface area contributed by atoms with Crippen LogP contribution in [0.4, 0.5) is 0 Å². The van der Waals surface area contributed by atoms with Gasteiger partial charge in [0, 0.05) is 26.3 Å². The van der Waals surface area contributed by atoms with E-state index in [1.54, 1.807) is 12.1 Å². The second kappa shape index (κ2) is 11.4. The van der Waals surface area contributed by atoms with Crippen molar-refractivity contribution in [2.24, 2.45) is 0 Å². The van der Waals surface area contributed by atoms with Gasteiger partial charge in [-0.1, -0.05) is 17.7 Å². The number of rotatable bonds is 10. The minimum absolute atomic E-state index is 0.237. The van der Waals surface area contributed by atoms with E-state index in [2.05, 4.69) is 0 Å². The molecule has 1 aromatic carbocycles. The molecule has 29 heavy (non-hydrogen) atoms. The first kappa shape index (κ1) is 22.7. The molecule has 1 aromatic rings. The maximum absolute atomic E-state index is 13.2. The van der Waals surface area contributed by atoms with Crippen molar-refractivity contribution in [3.63, 3.8) is 0 Å². The van der Waals surface area contributed by atoms with E-state index in [1.807, 2.05) is 19.1 Å². The summed E-state index contributed by atoms with van der Waals surface area (Å²) < 4.78 is 50.4. The molecule has 2 saturated heterocycles. The molecule has 7 nitrogen and oxygen atoms in total. The van der Waals surface area contributed by atoms with E-state index in [4.69, 9.17) is 18.9 Å². The number of nitrogens with zero attached hydrogens (tertiary/aromatic N) is 1. The highest BCUT2D eigenvalue weighted by atomic mass is 32.2. The highest BCUT2D eigenvalue weighted by Gasteiger charge is 2.25. The van der Waals surface area contributed by atoms with Gasteiger partial charge in [-0.25, -0.2) is 8.42 Å². The lowest BCUT2D eigenvalue weighted by atomic mass is 10.2. The zero-order valence-corrected chi connectivity index (χ0v) is 18.1. The Kier molecular flexibility index (Phi) is 8.89. The fourth-order valence-electron chi connectivity index (χ4n) is 3.47. The lowest BCUT2D eigenvalue weighted by molar-refractivity contribution is -0.167. The van der Waals surface area contributed by atoms with Gasteiger partial charge < -0.3 is 18.9 Å². The molecule has 0 aliphatic carbocycles. The van der Waals surface area contributed by atoms with Gasteiger partial charge in [0.2, 0.25) is 10.0 Å². The zero-order chi connectivity index (χ0) is 20.5. The van der Waals surface area contributed by atoms with Gasteiger partial charge in [0.05, 0.1) is 18.1 Å². The molecule has 2 unspecified atom stereocenters. The Labute approximate surface area is 174 Å². The molecule has 164 valence electrons. The molecule has 2 atom stereocenters. The van der Waals surface area contributed by atoms with Gasteiger partial charge in [0.25, 0.3) is 0 Å². The summed E-state index contributed by atoms with van der Waals surface area (Å²) in [6.07, 6.45) is 5.48. The topological polar surface area (TPSA) is 74.3 Å². The molecule has 0 bridgehead atoms. The summed E-state index contributed by atoms with van der Waals surface area (Å²) >= 11 is 0. The fourth-order valence-corrected chi connectivity index (χ4v) is 4.88. The van der Waals surface area contributed by atoms with Gasteiger partial charge in [0.1, 0.15) is 0 Å². The fraction of sp³-hybridized carbons (Fsp3) is 0.714. The summed E-state index contributed by atoms with van der Waals surface area (Å²) in [5.41, 5.74) is 1.02. The molecule has 2 fully saturated rings. The summed E-state index contributed by atoms with van der Waals surface area (Å²) in [6, 6.07) is 6.91. The molecule has 0 radical (unpaired) electrons. The molecular formula is C21H33NO6S. The van der Waals surface area contributed by atoms with Crippen LogP contribution in [0.5, 0.6) is 0 Å². The van der Waals surface area contributed by atoms with Gasteiger partial charge in [0.15, 0.2) is 12.6 Å². The number of hydrogen-bond donors (Lipinski definition) is 0. The highest BCUT2D eigenvalue weighted by molar-refractivity contribution is 7.89. The van der Waals surface area contributed by atoms with Gasteiger partial charge >= 0.3 is 0 Å². The predicted molar refractivity (Wildman–Crippen MR) is 109 cm³/mol. The number of ether oxygens (including phenoxy) is 4. The van der Waals surface area contributed by atoms with Crippen LogP contribution >= 0.6 is 0 Å². The Morgan fingerprint density at radius 2 is 1.41 bits per heavy atom. The molecule has 2 aliphatic heterocycles. The van der Waals surface area contributed by atoms with Crippen molar-refractivity contribution in [3.05, 3.63) is 29.8 Å². The van der Waals surface area contributed by atoms with Gasteiger partial charge in [-0.2, -0.15) is 4.31 Å². The maximum atomic E-state index is 13.2. The average molecular weight is 428 g/mol. The third-order valence-electron chi connectivity index (χ3n) is 5.22. The van der Waals surface area contributed by atoms with Crippen molar-refractivity contribution in [3.8, 4) is 0 Å². The lowest BCUT2D eigenvalue weighted by Crippen LogP contribution is -2.38. The van der Waals surface area contributed by atoms with Gasteiger partial charge in [-0.05, 0) is 57.6 Å².